The molecule has 2 aromatic rings. The van der Waals surface area contributed by atoms with Gasteiger partial charge >= 0.3 is 11.9 Å². The zero-order chi connectivity index (χ0) is 23.3. The summed E-state index contributed by atoms with van der Waals surface area (Å²) in [5.41, 5.74) is -0.148. The van der Waals surface area contributed by atoms with Crippen molar-refractivity contribution in [2.45, 2.75) is 24.7 Å². The standard InChI is InChI=1S/C21H25N3O7S/c1-3-31-21(27)14-5-4-10-24(13-14)19-18(11-15(12-22-19)20(25)26)23-32(28,29)17-8-6-16(30-2)7-9-17/h6-9,11-12,14,23H,3-5,10,13H2,1-2H3,(H,25,26)/t14-/m1/s1. The van der Waals surface area contributed by atoms with Gasteiger partial charge in [0.15, 0.2) is 5.82 Å². The number of benzene rings is 1. The molecule has 1 fully saturated rings. The Bertz CT molecular complexity index is 1090. The normalized spacial score (nSPS) is 16.3. The molecule has 1 aliphatic rings. The van der Waals surface area contributed by atoms with Gasteiger partial charge in [-0.3, -0.25) is 9.52 Å². The minimum absolute atomic E-state index is 0.0187. The van der Waals surface area contributed by atoms with E-state index >= 15 is 0 Å². The maximum Gasteiger partial charge on any atom is 0.337 e. The number of anilines is 2. The van der Waals surface area contributed by atoms with Gasteiger partial charge < -0.3 is 19.5 Å². The third-order valence-corrected chi connectivity index (χ3v) is 6.45. The summed E-state index contributed by atoms with van der Waals surface area (Å²) in [4.78, 5) is 29.6. The Morgan fingerprint density at radius 3 is 2.62 bits per heavy atom. The smallest absolute Gasteiger partial charge is 0.337 e. The van der Waals surface area contributed by atoms with Crippen LogP contribution >= 0.6 is 0 Å². The Hall–Kier alpha value is -3.34. The molecule has 2 N–H and O–H groups in total. The Morgan fingerprint density at radius 1 is 1.28 bits per heavy atom. The van der Waals surface area contributed by atoms with E-state index in [2.05, 4.69) is 9.71 Å². The third kappa shape index (κ3) is 5.28. The lowest BCUT2D eigenvalue weighted by molar-refractivity contribution is -0.148. The number of carbonyl (C=O) groups is 2. The Morgan fingerprint density at radius 2 is 2.00 bits per heavy atom. The van der Waals surface area contributed by atoms with Gasteiger partial charge in [0.25, 0.3) is 10.0 Å². The van der Waals surface area contributed by atoms with Crippen LogP contribution in [-0.2, 0) is 19.6 Å². The number of aromatic nitrogens is 1. The molecule has 0 radical (unpaired) electrons. The molecule has 2 heterocycles. The first-order valence-corrected chi connectivity index (χ1v) is 11.5. The van der Waals surface area contributed by atoms with Gasteiger partial charge in [-0.15, -0.1) is 0 Å². The molecule has 0 bridgehead atoms. The highest BCUT2D eigenvalue weighted by Crippen LogP contribution is 2.31. The number of carboxylic acid groups (broad SMARTS) is 1. The van der Waals surface area contributed by atoms with Crippen LogP contribution in [0.3, 0.4) is 0 Å². The van der Waals surface area contributed by atoms with E-state index in [-0.39, 0.29) is 47.0 Å². The minimum Gasteiger partial charge on any atom is -0.497 e. The van der Waals surface area contributed by atoms with Crippen LogP contribution in [0.15, 0.2) is 41.4 Å². The maximum atomic E-state index is 13.0. The predicted molar refractivity (Wildman–Crippen MR) is 117 cm³/mol. The van der Waals surface area contributed by atoms with Crippen molar-refractivity contribution in [2.24, 2.45) is 5.92 Å². The number of methoxy groups -OCH3 is 1. The third-order valence-electron chi connectivity index (χ3n) is 5.07. The van der Waals surface area contributed by atoms with E-state index in [0.717, 1.165) is 6.20 Å². The van der Waals surface area contributed by atoms with Crippen molar-refractivity contribution < 1.29 is 32.6 Å². The monoisotopic (exact) mass is 463 g/mol. The minimum atomic E-state index is -4.04. The van der Waals surface area contributed by atoms with Crippen LogP contribution in [0, 0.1) is 5.92 Å². The largest absolute Gasteiger partial charge is 0.497 e. The molecule has 1 saturated heterocycles. The lowest BCUT2D eigenvalue weighted by Gasteiger charge is -2.33. The lowest BCUT2D eigenvalue weighted by Crippen LogP contribution is -2.40. The van der Waals surface area contributed by atoms with Crippen LogP contribution in [0.4, 0.5) is 11.5 Å². The van der Waals surface area contributed by atoms with Crippen LogP contribution in [0.25, 0.3) is 0 Å². The molecule has 1 aliphatic heterocycles. The fourth-order valence-corrected chi connectivity index (χ4v) is 4.53. The summed E-state index contributed by atoms with van der Waals surface area (Å²) in [6.07, 6.45) is 2.49. The van der Waals surface area contributed by atoms with Gasteiger partial charge in [0.05, 0.1) is 35.8 Å². The summed E-state index contributed by atoms with van der Waals surface area (Å²) in [6, 6.07) is 7.01. The zero-order valence-electron chi connectivity index (χ0n) is 17.8. The molecule has 11 heteroatoms. The van der Waals surface area contributed by atoms with E-state index in [0.29, 0.717) is 25.1 Å². The number of hydrogen-bond donors (Lipinski definition) is 2. The van der Waals surface area contributed by atoms with Crippen LogP contribution in [-0.4, -0.2) is 57.3 Å². The quantitative estimate of drug-likeness (QED) is 0.566. The van der Waals surface area contributed by atoms with Gasteiger partial charge in [-0.1, -0.05) is 0 Å². The van der Waals surface area contributed by atoms with E-state index in [4.69, 9.17) is 9.47 Å². The average Bonchev–Trinajstić information content (AvgIpc) is 2.79. The highest BCUT2D eigenvalue weighted by Gasteiger charge is 2.30. The zero-order valence-corrected chi connectivity index (χ0v) is 18.6. The highest BCUT2D eigenvalue weighted by molar-refractivity contribution is 7.92. The van der Waals surface area contributed by atoms with E-state index in [9.17, 15) is 23.1 Å². The number of sulfonamides is 1. The van der Waals surface area contributed by atoms with Crippen molar-refractivity contribution in [3.63, 3.8) is 0 Å². The number of hydrogen-bond acceptors (Lipinski definition) is 8. The fourth-order valence-electron chi connectivity index (χ4n) is 3.48. The summed E-state index contributed by atoms with van der Waals surface area (Å²) >= 11 is 0. The Labute approximate surface area is 186 Å². The van der Waals surface area contributed by atoms with Crippen LogP contribution in [0.1, 0.15) is 30.1 Å². The maximum absolute atomic E-state index is 13.0. The van der Waals surface area contributed by atoms with Crippen LogP contribution in [0.2, 0.25) is 0 Å². The predicted octanol–water partition coefficient (Wildman–Crippen LogP) is 2.37. The van der Waals surface area contributed by atoms with Crippen molar-refractivity contribution in [2.75, 3.05) is 36.4 Å². The van der Waals surface area contributed by atoms with Crippen molar-refractivity contribution in [1.29, 1.82) is 0 Å². The average molecular weight is 464 g/mol. The number of nitrogens with one attached hydrogen (secondary N) is 1. The van der Waals surface area contributed by atoms with E-state index in [1.165, 1.54) is 37.4 Å². The number of aromatic carboxylic acids is 1. The number of nitrogens with zero attached hydrogens (tertiary/aromatic N) is 2. The summed E-state index contributed by atoms with van der Waals surface area (Å²) < 4.78 is 38.5. The SMILES string of the molecule is CCOC(=O)[C@@H]1CCCN(c2ncc(C(=O)O)cc2NS(=O)(=O)c2ccc(OC)cc2)C1. The Balaban J connectivity index is 1.94. The topological polar surface area (TPSA) is 135 Å². The van der Waals surface area contributed by atoms with Gasteiger partial charge in [-0.2, -0.15) is 0 Å². The second-order valence-corrected chi connectivity index (χ2v) is 8.90. The van der Waals surface area contributed by atoms with Crippen LogP contribution < -0.4 is 14.4 Å². The van der Waals surface area contributed by atoms with Crippen molar-refractivity contribution >= 4 is 33.5 Å². The molecule has 0 unspecified atom stereocenters. The van der Waals surface area contributed by atoms with Gasteiger partial charge in [0, 0.05) is 19.3 Å². The Kier molecular flexibility index (Phi) is 7.18. The van der Waals surface area contributed by atoms with Crippen molar-refractivity contribution in [3.8, 4) is 5.75 Å². The first-order valence-electron chi connectivity index (χ1n) is 10.1. The molecule has 10 nitrogen and oxygen atoms in total. The first-order chi connectivity index (χ1) is 15.2. The molecule has 172 valence electrons. The number of ether oxygens (including phenoxy) is 2. The number of esters is 1. The molecule has 0 amide bonds. The van der Waals surface area contributed by atoms with Gasteiger partial charge in [0.1, 0.15) is 5.75 Å². The highest BCUT2D eigenvalue weighted by atomic mass is 32.2. The number of carbonyl (C=O) groups excluding carboxylic acids is 1. The summed E-state index contributed by atoms with van der Waals surface area (Å²) in [5, 5.41) is 9.35. The van der Waals surface area contributed by atoms with E-state index < -0.39 is 16.0 Å². The molecule has 1 aromatic heterocycles. The van der Waals surface area contributed by atoms with E-state index in [1.54, 1.807) is 11.8 Å². The number of piperidine rings is 1. The van der Waals surface area contributed by atoms with Gasteiger partial charge in [-0.05, 0) is 50.1 Å². The molecule has 3 rings (SSSR count). The lowest BCUT2D eigenvalue weighted by atomic mass is 9.98. The molecular formula is C21H25N3O7S. The first kappa shape index (κ1) is 23.3. The van der Waals surface area contributed by atoms with Crippen molar-refractivity contribution in [3.05, 3.63) is 42.1 Å². The van der Waals surface area contributed by atoms with Gasteiger partial charge in [0.2, 0.25) is 0 Å². The number of pyridine rings is 1. The molecule has 0 aliphatic carbocycles. The molecule has 1 aromatic carbocycles. The molecule has 0 spiro atoms. The second kappa shape index (κ2) is 9.86. The van der Waals surface area contributed by atoms with E-state index in [1.807, 2.05) is 0 Å². The fraction of sp³-hybridized carbons (Fsp3) is 0.381. The second-order valence-electron chi connectivity index (χ2n) is 7.22. The molecular weight excluding hydrogens is 438 g/mol. The number of rotatable bonds is 8. The molecule has 0 saturated carbocycles. The van der Waals surface area contributed by atoms with Crippen molar-refractivity contribution in [1.82, 2.24) is 4.98 Å². The summed E-state index contributed by atoms with van der Waals surface area (Å²) in [6.45, 7) is 2.83. The van der Waals surface area contributed by atoms with Crippen LogP contribution in [0.5, 0.6) is 5.75 Å². The summed E-state index contributed by atoms with van der Waals surface area (Å²) in [7, 11) is -2.57. The molecule has 32 heavy (non-hydrogen) atoms. The summed E-state index contributed by atoms with van der Waals surface area (Å²) in [5.74, 6) is -1.19. The molecule has 1 atom stereocenters. The van der Waals surface area contributed by atoms with Gasteiger partial charge in [-0.25, -0.2) is 18.2 Å². The number of carboxylic acids is 1.